The van der Waals surface area contributed by atoms with E-state index in [-0.39, 0.29) is 17.9 Å². The molecule has 1 aliphatic heterocycles. The highest BCUT2D eigenvalue weighted by atomic mass is 16.3. The molecule has 32 heavy (non-hydrogen) atoms. The number of oxazole rings is 1. The molecule has 0 bridgehead atoms. The van der Waals surface area contributed by atoms with Crippen LogP contribution in [0.15, 0.2) is 46.9 Å². The molecule has 1 fully saturated rings. The third-order valence-electron chi connectivity index (χ3n) is 6.33. The number of aromatic nitrogens is 1. The van der Waals surface area contributed by atoms with Gasteiger partial charge in [0.2, 0.25) is 11.8 Å². The van der Waals surface area contributed by atoms with E-state index in [0.29, 0.717) is 48.0 Å². The van der Waals surface area contributed by atoms with Crippen LogP contribution in [-0.2, 0) is 4.79 Å². The van der Waals surface area contributed by atoms with Crippen LogP contribution in [0.4, 0.5) is 0 Å². The Morgan fingerprint density at radius 1 is 1.16 bits per heavy atom. The molecule has 1 unspecified atom stereocenters. The average Bonchev–Trinajstić information content (AvgIpc) is 3.22. The summed E-state index contributed by atoms with van der Waals surface area (Å²) in [7, 11) is 0. The summed E-state index contributed by atoms with van der Waals surface area (Å²) in [6.07, 6.45) is 3.17. The van der Waals surface area contributed by atoms with Gasteiger partial charge in [0.05, 0.1) is 0 Å². The number of carbonyl (C=O) groups is 2. The van der Waals surface area contributed by atoms with Crippen molar-refractivity contribution in [2.45, 2.75) is 52.5 Å². The van der Waals surface area contributed by atoms with Crippen molar-refractivity contribution < 1.29 is 14.0 Å². The van der Waals surface area contributed by atoms with Crippen LogP contribution in [0.25, 0.3) is 22.6 Å². The number of hydrogen-bond donors (Lipinski definition) is 1. The highest BCUT2D eigenvalue weighted by Crippen LogP contribution is 2.27. The lowest BCUT2D eigenvalue weighted by atomic mass is 9.92. The fraction of sp³-hybridized carbons (Fsp3) is 0.423. The normalized spacial score (nSPS) is 15.7. The molecule has 6 nitrogen and oxygen atoms in total. The Balaban J connectivity index is 1.39. The molecule has 168 valence electrons. The van der Waals surface area contributed by atoms with E-state index in [2.05, 4.69) is 17.2 Å². The number of fused-ring (bicyclic) bond motifs is 1. The van der Waals surface area contributed by atoms with Gasteiger partial charge in [0.15, 0.2) is 5.58 Å². The minimum Gasteiger partial charge on any atom is -0.436 e. The maximum atomic E-state index is 13.1. The molecule has 1 N–H and O–H groups in total. The Bertz CT molecular complexity index is 1100. The topological polar surface area (TPSA) is 75.4 Å². The van der Waals surface area contributed by atoms with E-state index in [9.17, 15) is 9.59 Å². The standard InChI is InChI=1S/C26H31N3O3/c1-4-18(3)27-24(30)15-19-11-13-29(14-12-19)26(31)21-9-10-23-22(16-21)28-25(32-23)20-7-5-17(2)6-8-20/h5-10,16,18-19H,4,11-15H2,1-3H3,(H,27,30). The van der Waals surface area contributed by atoms with Gasteiger partial charge < -0.3 is 14.6 Å². The maximum Gasteiger partial charge on any atom is 0.253 e. The van der Waals surface area contributed by atoms with E-state index in [1.54, 1.807) is 6.07 Å². The van der Waals surface area contributed by atoms with Gasteiger partial charge in [-0.1, -0.05) is 24.6 Å². The summed E-state index contributed by atoms with van der Waals surface area (Å²) < 4.78 is 5.89. The molecular formula is C26H31N3O3. The number of piperidine rings is 1. The monoisotopic (exact) mass is 433 g/mol. The highest BCUT2D eigenvalue weighted by molar-refractivity contribution is 5.97. The Kier molecular flexibility index (Phi) is 6.58. The van der Waals surface area contributed by atoms with Crippen molar-refractivity contribution in [2.75, 3.05) is 13.1 Å². The summed E-state index contributed by atoms with van der Waals surface area (Å²) in [4.78, 5) is 31.7. The lowest BCUT2D eigenvalue weighted by molar-refractivity contribution is -0.122. The number of benzene rings is 2. The van der Waals surface area contributed by atoms with Crippen LogP contribution in [0.1, 0.15) is 55.5 Å². The van der Waals surface area contributed by atoms with Gasteiger partial charge in [-0.3, -0.25) is 9.59 Å². The van der Waals surface area contributed by atoms with Gasteiger partial charge >= 0.3 is 0 Å². The van der Waals surface area contributed by atoms with E-state index >= 15 is 0 Å². The number of likely N-dealkylation sites (tertiary alicyclic amines) is 1. The predicted octanol–water partition coefficient (Wildman–Crippen LogP) is 4.96. The second-order valence-corrected chi connectivity index (χ2v) is 8.88. The molecule has 0 aliphatic carbocycles. The quantitative estimate of drug-likeness (QED) is 0.596. The van der Waals surface area contributed by atoms with Gasteiger partial charge in [-0.05, 0) is 69.4 Å². The van der Waals surface area contributed by atoms with Crippen molar-refractivity contribution in [3.63, 3.8) is 0 Å². The van der Waals surface area contributed by atoms with Crippen molar-refractivity contribution in [3.8, 4) is 11.5 Å². The molecule has 0 radical (unpaired) electrons. The number of aryl methyl sites for hydroxylation is 1. The zero-order valence-electron chi connectivity index (χ0n) is 19.1. The molecular weight excluding hydrogens is 402 g/mol. The fourth-order valence-electron chi connectivity index (χ4n) is 4.10. The van der Waals surface area contributed by atoms with E-state index in [1.165, 1.54) is 5.56 Å². The third kappa shape index (κ3) is 5.01. The summed E-state index contributed by atoms with van der Waals surface area (Å²) in [5, 5.41) is 3.03. The molecule has 0 saturated carbocycles. The van der Waals surface area contributed by atoms with Gasteiger partial charge in [0, 0.05) is 36.7 Å². The number of nitrogens with one attached hydrogen (secondary N) is 1. The van der Waals surface area contributed by atoms with Crippen LogP contribution in [0.2, 0.25) is 0 Å². The zero-order chi connectivity index (χ0) is 22.7. The first-order valence-corrected chi connectivity index (χ1v) is 11.5. The lowest BCUT2D eigenvalue weighted by Gasteiger charge is -2.32. The Labute approximate surface area is 189 Å². The Hall–Kier alpha value is -3.15. The van der Waals surface area contributed by atoms with Crippen LogP contribution in [0, 0.1) is 12.8 Å². The largest absolute Gasteiger partial charge is 0.436 e. The molecule has 2 aromatic carbocycles. The van der Waals surface area contributed by atoms with Gasteiger partial charge in [-0.2, -0.15) is 0 Å². The molecule has 6 heteroatoms. The van der Waals surface area contributed by atoms with Crippen molar-refractivity contribution in [1.29, 1.82) is 0 Å². The lowest BCUT2D eigenvalue weighted by Crippen LogP contribution is -2.40. The second kappa shape index (κ2) is 9.55. The molecule has 3 aromatic rings. The smallest absolute Gasteiger partial charge is 0.253 e. The van der Waals surface area contributed by atoms with Crippen molar-refractivity contribution in [3.05, 3.63) is 53.6 Å². The summed E-state index contributed by atoms with van der Waals surface area (Å²) in [5.41, 5.74) is 4.07. The Morgan fingerprint density at radius 3 is 2.56 bits per heavy atom. The number of rotatable bonds is 6. The van der Waals surface area contributed by atoms with Crippen LogP contribution in [-0.4, -0.2) is 40.8 Å². The minimum absolute atomic E-state index is 0.00860. The molecule has 2 amide bonds. The Morgan fingerprint density at radius 2 is 1.88 bits per heavy atom. The maximum absolute atomic E-state index is 13.1. The van der Waals surface area contributed by atoms with E-state index in [1.807, 2.05) is 55.1 Å². The van der Waals surface area contributed by atoms with Crippen LogP contribution in [0.5, 0.6) is 0 Å². The summed E-state index contributed by atoms with van der Waals surface area (Å²) in [6.45, 7) is 7.47. The average molecular weight is 434 g/mol. The fourth-order valence-corrected chi connectivity index (χ4v) is 4.10. The summed E-state index contributed by atoms with van der Waals surface area (Å²) >= 11 is 0. The number of amides is 2. The molecule has 0 spiro atoms. The van der Waals surface area contributed by atoms with Gasteiger partial charge in [-0.15, -0.1) is 0 Å². The minimum atomic E-state index is 0.00860. The molecule has 1 aliphatic rings. The molecule has 4 rings (SSSR count). The first-order valence-electron chi connectivity index (χ1n) is 11.5. The molecule has 1 aromatic heterocycles. The number of hydrogen-bond acceptors (Lipinski definition) is 4. The number of carbonyl (C=O) groups excluding carboxylic acids is 2. The van der Waals surface area contributed by atoms with Gasteiger partial charge in [0.25, 0.3) is 5.91 Å². The SMILES string of the molecule is CCC(C)NC(=O)CC1CCN(C(=O)c2ccc3oc(-c4ccc(C)cc4)nc3c2)CC1. The van der Waals surface area contributed by atoms with Crippen LogP contribution in [0.3, 0.4) is 0 Å². The van der Waals surface area contributed by atoms with E-state index < -0.39 is 0 Å². The molecule has 1 saturated heterocycles. The first-order chi connectivity index (χ1) is 15.4. The number of nitrogens with zero attached hydrogens (tertiary/aromatic N) is 2. The van der Waals surface area contributed by atoms with Crippen LogP contribution >= 0.6 is 0 Å². The van der Waals surface area contributed by atoms with E-state index in [0.717, 1.165) is 24.8 Å². The predicted molar refractivity (Wildman–Crippen MR) is 125 cm³/mol. The first kappa shape index (κ1) is 22.1. The summed E-state index contributed by atoms with van der Waals surface area (Å²) in [5.74, 6) is 1.01. The van der Waals surface area contributed by atoms with Gasteiger partial charge in [-0.25, -0.2) is 4.98 Å². The van der Waals surface area contributed by atoms with Gasteiger partial charge in [0.1, 0.15) is 5.52 Å². The second-order valence-electron chi connectivity index (χ2n) is 8.88. The van der Waals surface area contributed by atoms with Crippen LogP contribution < -0.4 is 5.32 Å². The molecule has 1 atom stereocenters. The highest BCUT2D eigenvalue weighted by Gasteiger charge is 2.26. The van der Waals surface area contributed by atoms with E-state index in [4.69, 9.17) is 4.42 Å². The summed E-state index contributed by atoms with van der Waals surface area (Å²) in [6, 6.07) is 13.7. The third-order valence-corrected chi connectivity index (χ3v) is 6.33. The van der Waals surface area contributed by atoms with Crippen molar-refractivity contribution in [2.24, 2.45) is 5.92 Å². The zero-order valence-corrected chi connectivity index (χ0v) is 19.1. The molecule has 2 heterocycles. The van der Waals surface area contributed by atoms with Crippen molar-refractivity contribution >= 4 is 22.9 Å². The van der Waals surface area contributed by atoms with Crippen molar-refractivity contribution in [1.82, 2.24) is 15.2 Å².